The first-order valence-corrected chi connectivity index (χ1v) is 6.98. The monoisotopic (exact) mass is 250 g/mol. The molecule has 2 rings (SSSR count). The van der Waals surface area contributed by atoms with Crippen LogP contribution < -0.4 is 5.32 Å². The van der Waals surface area contributed by atoms with Gasteiger partial charge in [0.2, 0.25) is 5.91 Å². The molecule has 2 unspecified atom stereocenters. The molecule has 0 bridgehead atoms. The van der Waals surface area contributed by atoms with Crippen molar-refractivity contribution in [2.45, 2.75) is 51.5 Å². The molecule has 2 fully saturated rings. The van der Waals surface area contributed by atoms with Gasteiger partial charge in [0, 0.05) is 18.6 Å². The number of carbonyl (C=O) groups excluding carboxylic acids is 1. The molecule has 100 valence electrons. The lowest BCUT2D eigenvalue weighted by Crippen LogP contribution is -2.47. The highest BCUT2D eigenvalue weighted by Crippen LogP contribution is 2.36. The molecule has 0 aromatic carbocycles. The Morgan fingerprint density at radius 3 is 2.72 bits per heavy atom. The van der Waals surface area contributed by atoms with Gasteiger partial charge in [0.1, 0.15) is 5.41 Å². The van der Waals surface area contributed by atoms with E-state index in [9.17, 15) is 10.1 Å². The van der Waals surface area contributed by atoms with E-state index in [0.29, 0.717) is 18.8 Å². The molecular weight excluding hydrogens is 228 g/mol. The standard InChI is InChI=1S/C14H22N2O2/c1-11(12-5-8-18-9-12)16-13(17)14(10-15)6-3-2-4-7-14/h11-12H,2-9H2,1H3,(H,16,17). The van der Waals surface area contributed by atoms with Crippen LogP contribution in [-0.2, 0) is 9.53 Å². The summed E-state index contributed by atoms with van der Waals surface area (Å²) in [6, 6.07) is 2.37. The molecule has 1 heterocycles. The summed E-state index contributed by atoms with van der Waals surface area (Å²) in [5.74, 6) is 0.331. The van der Waals surface area contributed by atoms with E-state index in [2.05, 4.69) is 11.4 Å². The van der Waals surface area contributed by atoms with Gasteiger partial charge in [-0.25, -0.2) is 0 Å². The zero-order valence-corrected chi connectivity index (χ0v) is 11.1. The van der Waals surface area contributed by atoms with Crippen LogP contribution >= 0.6 is 0 Å². The van der Waals surface area contributed by atoms with E-state index in [1.54, 1.807) is 0 Å². The van der Waals surface area contributed by atoms with Crippen molar-refractivity contribution in [2.75, 3.05) is 13.2 Å². The van der Waals surface area contributed by atoms with Crippen LogP contribution in [-0.4, -0.2) is 25.2 Å². The Labute approximate surface area is 109 Å². The lowest BCUT2D eigenvalue weighted by atomic mass is 9.74. The number of nitriles is 1. The van der Waals surface area contributed by atoms with Crippen molar-refractivity contribution < 1.29 is 9.53 Å². The summed E-state index contributed by atoms with van der Waals surface area (Å²) >= 11 is 0. The largest absolute Gasteiger partial charge is 0.381 e. The molecule has 2 aliphatic rings. The zero-order valence-electron chi connectivity index (χ0n) is 11.1. The van der Waals surface area contributed by atoms with E-state index in [4.69, 9.17) is 4.74 Å². The van der Waals surface area contributed by atoms with Gasteiger partial charge in [-0.2, -0.15) is 5.26 Å². The van der Waals surface area contributed by atoms with Crippen LogP contribution in [0.4, 0.5) is 0 Å². The number of nitrogens with zero attached hydrogens (tertiary/aromatic N) is 1. The average molecular weight is 250 g/mol. The minimum Gasteiger partial charge on any atom is -0.381 e. The van der Waals surface area contributed by atoms with E-state index >= 15 is 0 Å². The van der Waals surface area contributed by atoms with Crippen LogP contribution in [0.5, 0.6) is 0 Å². The van der Waals surface area contributed by atoms with Gasteiger partial charge in [0.25, 0.3) is 0 Å². The Bertz CT molecular complexity index is 336. The second kappa shape index (κ2) is 5.71. The highest BCUT2D eigenvalue weighted by molar-refractivity contribution is 5.85. The van der Waals surface area contributed by atoms with Crippen molar-refractivity contribution >= 4 is 5.91 Å². The van der Waals surface area contributed by atoms with Crippen LogP contribution in [0.25, 0.3) is 0 Å². The quantitative estimate of drug-likeness (QED) is 0.833. The first-order chi connectivity index (χ1) is 8.68. The first kappa shape index (κ1) is 13.4. The topological polar surface area (TPSA) is 62.1 Å². The summed E-state index contributed by atoms with van der Waals surface area (Å²) in [6.45, 7) is 3.53. The number of nitrogens with one attached hydrogen (secondary N) is 1. The van der Waals surface area contributed by atoms with Crippen molar-refractivity contribution in [3.05, 3.63) is 0 Å². The molecule has 4 heteroatoms. The van der Waals surface area contributed by atoms with Gasteiger partial charge in [-0.1, -0.05) is 19.3 Å². The number of hydrogen-bond donors (Lipinski definition) is 1. The second-order valence-corrected chi connectivity index (χ2v) is 5.64. The Kier molecular flexibility index (Phi) is 4.23. The van der Waals surface area contributed by atoms with Crippen molar-refractivity contribution in [3.63, 3.8) is 0 Å². The van der Waals surface area contributed by atoms with E-state index in [-0.39, 0.29) is 11.9 Å². The highest BCUT2D eigenvalue weighted by atomic mass is 16.5. The number of amides is 1. The van der Waals surface area contributed by atoms with Crippen molar-refractivity contribution in [1.29, 1.82) is 5.26 Å². The Hall–Kier alpha value is -1.08. The summed E-state index contributed by atoms with van der Waals surface area (Å²) in [5.41, 5.74) is -0.772. The normalized spacial score (nSPS) is 28.3. The average Bonchev–Trinajstić information content (AvgIpc) is 2.93. The lowest BCUT2D eigenvalue weighted by molar-refractivity contribution is -0.130. The third kappa shape index (κ3) is 2.67. The molecule has 1 N–H and O–H groups in total. The Balaban J connectivity index is 1.95. The fourth-order valence-corrected chi connectivity index (χ4v) is 2.95. The molecule has 18 heavy (non-hydrogen) atoms. The van der Waals surface area contributed by atoms with E-state index in [1.807, 2.05) is 6.92 Å². The predicted molar refractivity (Wildman–Crippen MR) is 67.7 cm³/mol. The van der Waals surface area contributed by atoms with Gasteiger partial charge in [0.15, 0.2) is 0 Å². The molecule has 0 spiro atoms. The number of carbonyl (C=O) groups is 1. The van der Waals surface area contributed by atoms with Crippen molar-refractivity contribution in [3.8, 4) is 6.07 Å². The van der Waals surface area contributed by atoms with Crippen LogP contribution in [0, 0.1) is 22.7 Å². The maximum Gasteiger partial charge on any atom is 0.240 e. The molecule has 1 saturated carbocycles. The molecule has 1 amide bonds. The Morgan fingerprint density at radius 2 is 2.17 bits per heavy atom. The predicted octanol–water partition coefficient (Wildman–Crippen LogP) is 2.00. The van der Waals surface area contributed by atoms with Gasteiger partial charge in [0.05, 0.1) is 12.7 Å². The van der Waals surface area contributed by atoms with Crippen LogP contribution in [0.3, 0.4) is 0 Å². The number of rotatable bonds is 3. The minimum absolute atomic E-state index is 0.0656. The summed E-state index contributed by atoms with van der Waals surface area (Å²) in [5, 5.41) is 12.4. The molecule has 4 nitrogen and oxygen atoms in total. The molecule has 0 radical (unpaired) electrons. The molecule has 1 saturated heterocycles. The summed E-state index contributed by atoms with van der Waals surface area (Å²) in [4.78, 5) is 12.3. The van der Waals surface area contributed by atoms with Gasteiger partial charge in [-0.05, 0) is 26.2 Å². The Morgan fingerprint density at radius 1 is 1.44 bits per heavy atom. The minimum atomic E-state index is -0.772. The molecular formula is C14H22N2O2. The van der Waals surface area contributed by atoms with E-state index in [1.165, 1.54) is 0 Å². The van der Waals surface area contributed by atoms with Gasteiger partial charge < -0.3 is 10.1 Å². The maximum absolute atomic E-state index is 12.3. The highest BCUT2D eigenvalue weighted by Gasteiger charge is 2.40. The third-order valence-corrected chi connectivity index (χ3v) is 4.39. The van der Waals surface area contributed by atoms with E-state index < -0.39 is 5.41 Å². The SMILES string of the molecule is CC(NC(=O)C1(C#N)CCCCC1)C1CCOC1. The van der Waals surface area contributed by atoms with Crippen LogP contribution in [0.15, 0.2) is 0 Å². The first-order valence-electron chi connectivity index (χ1n) is 6.98. The van der Waals surface area contributed by atoms with Crippen molar-refractivity contribution in [1.82, 2.24) is 5.32 Å². The summed E-state index contributed by atoms with van der Waals surface area (Å²) in [6.07, 6.45) is 5.54. The zero-order chi connectivity index (χ0) is 13.0. The molecule has 1 aliphatic carbocycles. The number of ether oxygens (including phenoxy) is 1. The van der Waals surface area contributed by atoms with Gasteiger partial charge >= 0.3 is 0 Å². The summed E-state index contributed by atoms with van der Waals surface area (Å²) in [7, 11) is 0. The van der Waals surface area contributed by atoms with Crippen LogP contribution in [0.2, 0.25) is 0 Å². The van der Waals surface area contributed by atoms with Gasteiger partial charge in [-0.15, -0.1) is 0 Å². The summed E-state index contributed by atoms with van der Waals surface area (Å²) < 4.78 is 5.34. The van der Waals surface area contributed by atoms with Crippen LogP contribution in [0.1, 0.15) is 45.4 Å². The van der Waals surface area contributed by atoms with Gasteiger partial charge in [-0.3, -0.25) is 4.79 Å². The second-order valence-electron chi connectivity index (χ2n) is 5.64. The third-order valence-electron chi connectivity index (χ3n) is 4.39. The number of hydrogen-bond acceptors (Lipinski definition) is 3. The van der Waals surface area contributed by atoms with E-state index in [0.717, 1.165) is 38.9 Å². The molecule has 2 atom stereocenters. The fraction of sp³-hybridized carbons (Fsp3) is 0.857. The lowest BCUT2D eigenvalue weighted by Gasteiger charge is -2.31. The smallest absolute Gasteiger partial charge is 0.240 e. The molecule has 1 aliphatic heterocycles. The maximum atomic E-state index is 12.3. The van der Waals surface area contributed by atoms with Crippen molar-refractivity contribution in [2.24, 2.45) is 11.3 Å². The fourth-order valence-electron chi connectivity index (χ4n) is 2.95. The molecule has 0 aromatic heterocycles. The molecule has 0 aromatic rings.